The number of nitrogens with one attached hydrogen (secondary N) is 2. The molecule has 0 aliphatic heterocycles. The molecule has 0 bridgehead atoms. The first-order valence-electron chi connectivity index (χ1n) is 10.9. The Bertz CT molecular complexity index is 1370. The van der Waals surface area contributed by atoms with Gasteiger partial charge in [0.05, 0.1) is 23.4 Å². The van der Waals surface area contributed by atoms with E-state index in [1.54, 1.807) is 25.6 Å². The van der Waals surface area contributed by atoms with E-state index in [1.807, 2.05) is 42.5 Å². The van der Waals surface area contributed by atoms with Gasteiger partial charge in [0.25, 0.3) is 0 Å². The maximum absolute atomic E-state index is 12.9. The van der Waals surface area contributed by atoms with Gasteiger partial charge < -0.3 is 5.32 Å². The molecule has 4 aromatic rings. The molecule has 0 aliphatic carbocycles. The van der Waals surface area contributed by atoms with E-state index in [9.17, 15) is 8.42 Å². The van der Waals surface area contributed by atoms with Crippen molar-refractivity contribution in [3.8, 4) is 0 Å². The van der Waals surface area contributed by atoms with Gasteiger partial charge in [0.15, 0.2) is 0 Å². The Morgan fingerprint density at radius 3 is 2.42 bits per heavy atom. The number of benzene rings is 2. The molecule has 0 saturated carbocycles. The Balaban J connectivity index is 1.50. The van der Waals surface area contributed by atoms with Gasteiger partial charge in [-0.3, -0.25) is 4.68 Å². The normalized spacial score (nSPS) is 11.7. The van der Waals surface area contributed by atoms with Crippen molar-refractivity contribution in [2.24, 2.45) is 7.05 Å². The van der Waals surface area contributed by atoms with Crippen LogP contribution in [0, 0.1) is 13.8 Å². The number of aryl methyl sites for hydroxylation is 3. The summed E-state index contributed by atoms with van der Waals surface area (Å²) < 4.78 is 30.0. The third-order valence-electron chi connectivity index (χ3n) is 5.56. The Labute approximate surface area is 194 Å². The molecular weight excluding hydrogens is 436 g/mol. The Morgan fingerprint density at radius 1 is 0.970 bits per heavy atom. The second kappa shape index (κ2) is 9.68. The molecule has 2 aromatic carbocycles. The van der Waals surface area contributed by atoms with Crippen LogP contribution in [0.3, 0.4) is 0 Å². The summed E-state index contributed by atoms with van der Waals surface area (Å²) in [6.45, 7) is 4.15. The van der Waals surface area contributed by atoms with Gasteiger partial charge in [0, 0.05) is 19.0 Å². The highest BCUT2D eigenvalue weighted by Crippen LogP contribution is 2.22. The summed E-state index contributed by atoms with van der Waals surface area (Å²) in [5, 5.41) is 8.52. The number of rotatable bonds is 9. The van der Waals surface area contributed by atoms with Gasteiger partial charge in [-0.1, -0.05) is 42.5 Å². The van der Waals surface area contributed by atoms with E-state index in [0.29, 0.717) is 23.0 Å². The van der Waals surface area contributed by atoms with Crippen molar-refractivity contribution in [1.29, 1.82) is 0 Å². The molecule has 9 heteroatoms. The van der Waals surface area contributed by atoms with E-state index in [2.05, 4.69) is 37.2 Å². The molecule has 2 aromatic heterocycles. The van der Waals surface area contributed by atoms with E-state index in [0.717, 1.165) is 30.3 Å². The molecule has 0 fully saturated rings. The highest BCUT2D eigenvalue weighted by atomic mass is 32.2. The molecule has 0 spiro atoms. The molecule has 0 atom stereocenters. The quantitative estimate of drug-likeness (QED) is 0.368. The fourth-order valence-corrected chi connectivity index (χ4v) is 5.27. The first kappa shape index (κ1) is 22.9. The third-order valence-corrected chi connectivity index (χ3v) is 7.21. The maximum Gasteiger partial charge on any atom is 0.244 e. The zero-order chi connectivity index (χ0) is 23.4. The maximum atomic E-state index is 12.9. The van der Waals surface area contributed by atoms with Gasteiger partial charge >= 0.3 is 0 Å². The Morgan fingerprint density at radius 2 is 1.70 bits per heavy atom. The zero-order valence-electron chi connectivity index (χ0n) is 19.0. The number of para-hydroxylation sites is 1. The number of hydrogen-bond acceptors (Lipinski definition) is 6. The summed E-state index contributed by atoms with van der Waals surface area (Å²) in [5.41, 5.74) is 3.10. The van der Waals surface area contributed by atoms with E-state index >= 15 is 0 Å². The minimum absolute atomic E-state index is 0.0142. The van der Waals surface area contributed by atoms with Gasteiger partial charge in [-0.05, 0) is 44.4 Å². The highest BCUT2D eigenvalue weighted by molar-refractivity contribution is 7.89. The Kier molecular flexibility index (Phi) is 6.71. The number of hydrogen-bond donors (Lipinski definition) is 2. The summed E-state index contributed by atoms with van der Waals surface area (Å²) in [7, 11) is -2.02. The second-order valence-corrected chi connectivity index (χ2v) is 9.67. The summed E-state index contributed by atoms with van der Waals surface area (Å²) in [6.07, 6.45) is 1.91. The van der Waals surface area contributed by atoms with Crippen LogP contribution in [0.1, 0.15) is 29.2 Å². The molecule has 0 aliphatic rings. The fraction of sp³-hybridized carbons (Fsp3) is 0.292. The largest absolute Gasteiger partial charge is 0.369 e. The molecule has 4 rings (SSSR count). The van der Waals surface area contributed by atoms with Crippen LogP contribution < -0.4 is 10.0 Å². The molecule has 0 unspecified atom stereocenters. The van der Waals surface area contributed by atoms with Crippen LogP contribution in [0.2, 0.25) is 0 Å². The molecule has 2 heterocycles. The monoisotopic (exact) mass is 464 g/mol. The molecule has 0 saturated heterocycles. The SMILES string of the molecule is Cc1nn(C)c(C)c1S(=O)(=O)NCc1nc(NCCCc2ccccc2)c2ccccc2n1. The minimum Gasteiger partial charge on any atom is -0.369 e. The summed E-state index contributed by atoms with van der Waals surface area (Å²) >= 11 is 0. The second-order valence-electron chi connectivity index (χ2n) is 7.97. The topological polar surface area (TPSA) is 102 Å². The van der Waals surface area contributed by atoms with Gasteiger partial charge in [-0.2, -0.15) is 5.10 Å². The lowest BCUT2D eigenvalue weighted by atomic mass is 10.1. The van der Waals surface area contributed by atoms with Gasteiger partial charge in [-0.15, -0.1) is 0 Å². The zero-order valence-corrected chi connectivity index (χ0v) is 19.9. The average Bonchev–Trinajstić information content (AvgIpc) is 3.07. The van der Waals surface area contributed by atoms with Crippen LogP contribution in [0.15, 0.2) is 59.5 Å². The molecule has 172 valence electrons. The highest BCUT2D eigenvalue weighted by Gasteiger charge is 2.24. The molecule has 0 amide bonds. The first-order valence-corrected chi connectivity index (χ1v) is 12.4. The number of sulfonamides is 1. The average molecular weight is 465 g/mol. The first-order chi connectivity index (χ1) is 15.8. The number of nitrogens with zero attached hydrogens (tertiary/aromatic N) is 4. The smallest absolute Gasteiger partial charge is 0.244 e. The standard InChI is InChI=1S/C24H28N6O2S/c1-17-23(18(2)30(3)29-17)33(31,32)26-16-22-27-21-14-8-7-13-20(21)24(28-22)25-15-9-12-19-10-5-4-6-11-19/h4-8,10-11,13-14,26H,9,12,15-16H2,1-3H3,(H,25,27,28). The molecule has 33 heavy (non-hydrogen) atoms. The van der Waals surface area contributed by atoms with Crippen molar-refractivity contribution >= 4 is 26.7 Å². The number of aromatic nitrogens is 4. The van der Waals surface area contributed by atoms with Crippen molar-refractivity contribution in [3.05, 3.63) is 77.4 Å². The van der Waals surface area contributed by atoms with Crippen LogP contribution in [0.5, 0.6) is 0 Å². The molecule has 2 N–H and O–H groups in total. The van der Waals surface area contributed by atoms with Gasteiger partial charge in [-0.25, -0.2) is 23.1 Å². The van der Waals surface area contributed by atoms with E-state index in [4.69, 9.17) is 0 Å². The molecule has 8 nitrogen and oxygen atoms in total. The summed E-state index contributed by atoms with van der Waals surface area (Å²) in [6, 6.07) is 18.1. The Hall–Kier alpha value is -3.30. The van der Waals surface area contributed by atoms with Gasteiger partial charge in [0.2, 0.25) is 10.0 Å². The summed E-state index contributed by atoms with van der Waals surface area (Å²) in [5.74, 6) is 1.11. The minimum atomic E-state index is -3.75. The van der Waals surface area contributed by atoms with Crippen molar-refractivity contribution in [3.63, 3.8) is 0 Å². The number of anilines is 1. The van der Waals surface area contributed by atoms with Crippen molar-refractivity contribution in [1.82, 2.24) is 24.5 Å². The molecule has 0 radical (unpaired) electrons. The lowest BCUT2D eigenvalue weighted by molar-refractivity contribution is 0.577. The van der Waals surface area contributed by atoms with Crippen LogP contribution in [0.4, 0.5) is 5.82 Å². The predicted molar refractivity (Wildman–Crippen MR) is 129 cm³/mol. The number of fused-ring (bicyclic) bond motifs is 1. The van der Waals surface area contributed by atoms with Crippen molar-refractivity contribution in [2.75, 3.05) is 11.9 Å². The fourth-order valence-electron chi connectivity index (χ4n) is 3.86. The van der Waals surface area contributed by atoms with Gasteiger partial charge in [0.1, 0.15) is 16.5 Å². The predicted octanol–water partition coefficient (Wildman–Crippen LogP) is 3.50. The lowest BCUT2D eigenvalue weighted by Gasteiger charge is -2.12. The molecular formula is C24H28N6O2S. The van der Waals surface area contributed by atoms with E-state index in [-0.39, 0.29) is 11.4 Å². The van der Waals surface area contributed by atoms with E-state index < -0.39 is 10.0 Å². The van der Waals surface area contributed by atoms with E-state index in [1.165, 1.54) is 5.56 Å². The van der Waals surface area contributed by atoms with Crippen LogP contribution >= 0.6 is 0 Å². The third kappa shape index (κ3) is 5.20. The van der Waals surface area contributed by atoms with Crippen LogP contribution in [-0.2, 0) is 30.0 Å². The van der Waals surface area contributed by atoms with Crippen LogP contribution in [-0.4, -0.2) is 34.7 Å². The summed E-state index contributed by atoms with van der Waals surface area (Å²) in [4.78, 5) is 9.38. The van der Waals surface area contributed by atoms with Crippen molar-refractivity contribution < 1.29 is 8.42 Å². The van der Waals surface area contributed by atoms with Crippen molar-refractivity contribution in [2.45, 2.75) is 38.1 Å². The van der Waals surface area contributed by atoms with Crippen LogP contribution in [0.25, 0.3) is 10.9 Å². The lowest BCUT2D eigenvalue weighted by Crippen LogP contribution is -2.25.